The fourth-order valence-corrected chi connectivity index (χ4v) is 2.92. The lowest BCUT2D eigenvalue weighted by Crippen LogP contribution is -2.52. The van der Waals surface area contributed by atoms with Crippen LogP contribution in [-0.4, -0.2) is 49.1 Å². The maximum Gasteiger partial charge on any atom is 0.0218 e. The smallest absolute Gasteiger partial charge is 0.0218 e. The summed E-state index contributed by atoms with van der Waals surface area (Å²) in [5, 5.41) is 3.62. The van der Waals surface area contributed by atoms with Gasteiger partial charge in [-0.1, -0.05) is 26.7 Å². The van der Waals surface area contributed by atoms with Crippen molar-refractivity contribution in [3.63, 3.8) is 0 Å². The Labute approximate surface area is 112 Å². The van der Waals surface area contributed by atoms with Gasteiger partial charge in [-0.05, 0) is 37.3 Å². The number of hydrogen-bond acceptors (Lipinski definition) is 3. The molecule has 1 unspecified atom stereocenters. The average molecular weight is 258 g/mol. The Bertz CT molecular complexity index is 185. The molecule has 1 saturated heterocycles. The van der Waals surface area contributed by atoms with Crippen LogP contribution >= 0.6 is 11.8 Å². The highest BCUT2D eigenvalue weighted by molar-refractivity contribution is 7.98. The van der Waals surface area contributed by atoms with Gasteiger partial charge < -0.3 is 10.2 Å². The second kappa shape index (κ2) is 9.23. The van der Waals surface area contributed by atoms with E-state index in [9.17, 15) is 0 Å². The van der Waals surface area contributed by atoms with Crippen molar-refractivity contribution in [3.8, 4) is 0 Å². The van der Waals surface area contributed by atoms with Gasteiger partial charge in [0.15, 0.2) is 0 Å². The number of nitrogens with one attached hydrogen (secondary N) is 1. The van der Waals surface area contributed by atoms with Gasteiger partial charge in [-0.15, -0.1) is 0 Å². The molecule has 0 aromatic carbocycles. The van der Waals surface area contributed by atoms with Crippen molar-refractivity contribution in [2.45, 2.75) is 45.6 Å². The predicted octanol–water partition coefficient (Wildman–Crippen LogP) is 2.84. The fraction of sp³-hybridized carbons (Fsp3) is 1.00. The van der Waals surface area contributed by atoms with Crippen LogP contribution in [0.5, 0.6) is 0 Å². The highest BCUT2D eigenvalue weighted by Gasteiger charge is 2.20. The molecular formula is C14H30N2S. The molecule has 0 amide bonds. The molecule has 0 bridgehead atoms. The quantitative estimate of drug-likeness (QED) is 0.674. The maximum absolute atomic E-state index is 3.62. The fourth-order valence-electron chi connectivity index (χ4n) is 2.43. The zero-order valence-corrected chi connectivity index (χ0v) is 12.7. The summed E-state index contributed by atoms with van der Waals surface area (Å²) in [6, 6.07) is 0.709. The summed E-state index contributed by atoms with van der Waals surface area (Å²) in [4.78, 5) is 2.65. The third-order valence-corrected chi connectivity index (χ3v) is 4.36. The van der Waals surface area contributed by atoms with E-state index in [-0.39, 0.29) is 0 Å². The monoisotopic (exact) mass is 258 g/mol. The lowest BCUT2D eigenvalue weighted by atomic mass is 10.0. The minimum atomic E-state index is 0.709. The van der Waals surface area contributed by atoms with Crippen LogP contribution in [0.2, 0.25) is 0 Å². The largest absolute Gasteiger partial charge is 0.311 e. The number of unbranched alkanes of at least 4 members (excludes halogenated alkanes) is 3. The molecule has 0 saturated carbocycles. The summed E-state index contributed by atoms with van der Waals surface area (Å²) in [5.74, 6) is 2.10. The average Bonchev–Trinajstić information content (AvgIpc) is 2.34. The Hall–Kier alpha value is 0.270. The molecule has 1 N–H and O–H groups in total. The molecular weight excluding hydrogens is 228 g/mol. The standard InChI is InChI=1S/C14H30N2S/c1-13(2)14-12-16(10-8-15-14)9-6-4-5-7-11-17-3/h13-15H,4-12H2,1-3H3. The second-order valence-corrected chi connectivity index (χ2v) is 6.50. The van der Waals surface area contributed by atoms with Crippen LogP contribution in [-0.2, 0) is 0 Å². The Kier molecular flexibility index (Phi) is 8.33. The van der Waals surface area contributed by atoms with Crippen LogP contribution in [0.25, 0.3) is 0 Å². The van der Waals surface area contributed by atoms with Crippen molar-refractivity contribution in [3.05, 3.63) is 0 Å². The zero-order valence-electron chi connectivity index (χ0n) is 11.9. The van der Waals surface area contributed by atoms with Crippen LogP contribution < -0.4 is 5.32 Å². The molecule has 2 nitrogen and oxygen atoms in total. The van der Waals surface area contributed by atoms with Crippen LogP contribution in [0.1, 0.15) is 39.5 Å². The lowest BCUT2D eigenvalue weighted by molar-refractivity contribution is 0.172. The Balaban J connectivity index is 2.02. The van der Waals surface area contributed by atoms with Gasteiger partial charge in [-0.2, -0.15) is 11.8 Å². The first kappa shape index (κ1) is 15.3. The van der Waals surface area contributed by atoms with Gasteiger partial charge in [-0.25, -0.2) is 0 Å². The van der Waals surface area contributed by atoms with Crippen molar-refractivity contribution in [1.29, 1.82) is 0 Å². The summed E-state index contributed by atoms with van der Waals surface area (Å²) in [7, 11) is 0. The molecule has 1 fully saturated rings. The molecule has 0 aromatic rings. The van der Waals surface area contributed by atoms with Crippen molar-refractivity contribution < 1.29 is 0 Å². The molecule has 0 spiro atoms. The summed E-state index contributed by atoms with van der Waals surface area (Å²) < 4.78 is 0. The van der Waals surface area contributed by atoms with Crippen LogP contribution in [0.3, 0.4) is 0 Å². The Morgan fingerprint density at radius 1 is 1.24 bits per heavy atom. The van der Waals surface area contributed by atoms with E-state index in [0.29, 0.717) is 6.04 Å². The van der Waals surface area contributed by atoms with E-state index >= 15 is 0 Å². The van der Waals surface area contributed by atoms with Gasteiger partial charge in [0.1, 0.15) is 0 Å². The minimum Gasteiger partial charge on any atom is -0.311 e. The topological polar surface area (TPSA) is 15.3 Å². The van der Waals surface area contributed by atoms with Crippen LogP contribution in [0.15, 0.2) is 0 Å². The highest BCUT2D eigenvalue weighted by atomic mass is 32.2. The second-order valence-electron chi connectivity index (χ2n) is 5.51. The minimum absolute atomic E-state index is 0.709. The molecule has 1 rings (SSSR count). The van der Waals surface area contributed by atoms with Crippen LogP contribution in [0, 0.1) is 5.92 Å². The van der Waals surface area contributed by atoms with E-state index < -0.39 is 0 Å². The van der Waals surface area contributed by atoms with Gasteiger partial charge in [0.25, 0.3) is 0 Å². The van der Waals surface area contributed by atoms with E-state index in [1.165, 1.54) is 57.6 Å². The van der Waals surface area contributed by atoms with Crippen molar-refractivity contribution in [1.82, 2.24) is 10.2 Å². The number of hydrogen-bond donors (Lipinski definition) is 1. The summed E-state index contributed by atoms with van der Waals surface area (Å²) >= 11 is 1.97. The molecule has 0 aliphatic carbocycles. The third-order valence-electron chi connectivity index (χ3n) is 3.67. The Morgan fingerprint density at radius 2 is 2.00 bits per heavy atom. The normalized spacial score (nSPS) is 22.2. The number of rotatable bonds is 8. The number of nitrogens with zero attached hydrogens (tertiary/aromatic N) is 1. The van der Waals surface area contributed by atoms with Gasteiger partial charge in [-0.3, -0.25) is 0 Å². The molecule has 0 aromatic heterocycles. The summed E-state index contributed by atoms with van der Waals surface area (Å²) in [6.45, 7) is 9.63. The Morgan fingerprint density at radius 3 is 2.71 bits per heavy atom. The summed E-state index contributed by atoms with van der Waals surface area (Å²) in [5.41, 5.74) is 0. The zero-order chi connectivity index (χ0) is 12.5. The van der Waals surface area contributed by atoms with Crippen molar-refractivity contribution in [2.75, 3.05) is 38.2 Å². The molecule has 3 heteroatoms. The highest BCUT2D eigenvalue weighted by Crippen LogP contribution is 2.10. The number of piperazine rings is 1. The van der Waals surface area contributed by atoms with Crippen molar-refractivity contribution >= 4 is 11.8 Å². The van der Waals surface area contributed by atoms with Gasteiger partial charge in [0.2, 0.25) is 0 Å². The van der Waals surface area contributed by atoms with E-state index in [2.05, 4.69) is 30.3 Å². The van der Waals surface area contributed by atoms with E-state index in [1.54, 1.807) is 0 Å². The van der Waals surface area contributed by atoms with Crippen LogP contribution in [0.4, 0.5) is 0 Å². The molecule has 1 aliphatic rings. The van der Waals surface area contributed by atoms with Gasteiger partial charge >= 0.3 is 0 Å². The molecule has 17 heavy (non-hydrogen) atoms. The van der Waals surface area contributed by atoms with E-state index in [0.717, 1.165) is 5.92 Å². The molecule has 1 heterocycles. The summed E-state index contributed by atoms with van der Waals surface area (Å²) in [6.07, 6.45) is 7.82. The first-order valence-electron chi connectivity index (χ1n) is 7.18. The SMILES string of the molecule is CSCCCCCCN1CCNC(C(C)C)C1. The van der Waals surface area contributed by atoms with Gasteiger partial charge in [0, 0.05) is 25.7 Å². The first-order valence-corrected chi connectivity index (χ1v) is 8.58. The molecule has 0 radical (unpaired) electrons. The van der Waals surface area contributed by atoms with E-state index in [4.69, 9.17) is 0 Å². The maximum atomic E-state index is 3.62. The molecule has 1 atom stereocenters. The third kappa shape index (κ3) is 6.68. The predicted molar refractivity (Wildman–Crippen MR) is 79.9 cm³/mol. The number of thioether (sulfide) groups is 1. The van der Waals surface area contributed by atoms with E-state index in [1.807, 2.05) is 11.8 Å². The molecule has 102 valence electrons. The van der Waals surface area contributed by atoms with Crippen molar-refractivity contribution in [2.24, 2.45) is 5.92 Å². The molecule has 1 aliphatic heterocycles. The first-order chi connectivity index (χ1) is 8.24. The lowest BCUT2D eigenvalue weighted by Gasteiger charge is -2.35. The van der Waals surface area contributed by atoms with Gasteiger partial charge in [0.05, 0.1) is 0 Å².